The van der Waals surface area contributed by atoms with Crippen molar-refractivity contribution in [3.8, 4) is 0 Å². The number of fused-ring (bicyclic) bond motifs is 1. The van der Waals surface area contributed by atoms with Crippen LogP contribution in [0.3, 0.4) is 0 Å². The number of hydrogen-bond acceptors (Lipinski definition) is 2. The zero-order valence-corrected chi connectivity index (χ0v) is 6.54. The first-order valence-corrected chi connectivity index (χ1v) is 4.04. The molecule has 2 heterocycles. The van der Waals surface area contributed by atoms with Crippen LogP contribution in [0.5, 0.6) is 0 Å². The molecule has 58 valence electrons. The number of hydrogen-bond donors (Lipinski definition) is 0. The van der Waals surface area contributed by atoms with Crippen LogP contribution in [0.15, 0.2) is 0 Å². The third-order valence-electron chi connectivity index (χ3n) is 2.52. The summed E-state index contributed by atoms with van der Waals surface area (Å²) in [5, 5.41) is 0. The first-order valence-electron chi connectivity index (χ1n) is 4.04. The molecule has 0 N–H and O–H groups in total. The lowest BCUT2D eigenvalue weighted by Gasteiger charge is -2.12. The summed E-state index contributed by atoms with van der Waals surface area (Å²) in [7, 11) is 0. The number of ether oxygens (including phenoxy) is 2. The van der Waals surface area contributed by atoms with E-state index in [4.69, 9.17) is 9.47 Å². The van der Waals surface area contributed by atoms with E-state index in [0.29, 0.717) is 24.2 Å². The predicted molar refractivity (Wildman–Crippen MR) is 37.9 cm³/mol. The molecule has 0 aromatic carbocycles. The Bertz CT molecular complexity index is 135. The first-order chi connectivity index (χ1) is 4.77. The van der Waals surface area contributed by atoms with E-state index in [1.54, 1.807) is 0 Å². The van der Waals surface area contributed by atoms with Crippen LogP contribution in [0, 0.1) is 5.92 Å². The van der Waals surface area contributed by atoms with E-state index in [-0.39, 0.29) is 0 Å². The summed E-state index contributed by atoms with van der Waals surface area (Å²) >= 11 is 0. The Kier molecular flexibility index (Phi) is 1.46. The van der Waals surface area contributed by atoms with Crippen LogP contribution in [0.1, 0.15) is 20.3 Å². The van der Waals surface area contributed by atoms with Crippen molar-refractivity contribution < 1.29 is 9.47 Å². The average molecular weight is 142 g/mol. The minimum absolute atomic E-state index is 0.329. The highest BCUT2D eigenvalue weighted by Gasteiger charge is 2.41. The van der Waals surface area contributed by atoms with Gasteiger partial charge in [-0.3, -0.25) is 0 Å². The molecule has 10 heavy (non-hydrogen) atoms. The van der Waals surface area contributed by atoms with E-state index in [0.717, 1.165) is 6.61 Å². The van der Waals surface area contributed by atoms with Crippen molar-refractivity contribution in [1.29, 1.82) is 0 Å². The molecule has 2 nitrogen and oxygen atoms in total. The Labute approximate surface area is 61.5 Å². The van der Waals surface area contributed by atoms with Gasteiger partial charge in [-0.15, -0.1) is 0 Å². The minimum atomic E-state index is 0.329. The van der Waals surface area contributed by atoms with Crippen LogP contribution in [-0.4, -0.2) is 24.9 Å². The molecule has 0 aromatic heterocycles. The summed E-state index contributed by atoms with van der Waals surface area (Å²) < 4.78 is 11.1. The maximum atomic E-state index is 5.67. The second-order valence-electron chi connectivity index (χ2n) is 3.45. The molecule has 2 rings (SSSR count). The summed E-state index contributed by atoms with van der Waals surface area (Å²) in [6.07, 6.45) is 2.38. The number of rotatable bonds is 0. The van der Waals surface area contributed by atoms with Crippen LogP contribution in [0.4, 0.5) is 0 Å². The van der Waals surface area contributed by atoms with Gasteiger partial charge in [-0.2, -0.15) is 0 Å². The van der Waals surface area contributed by atoms with E-state index in [9.17, 15) is 0 Å². The molecule has 0 amide bonds. The van der Waals surface area contributed by atoms with Crippen molar-refractivity contribution in [2.24, 2.45) is 5.92 Å². The molecule has 4 atom stereocenters. The molecular formula is C8H14O2. The van der Waals surface area contributed by atoms with Crippen molar-refractivity contribution >= 4 is 0 Å². The van der Waals surface area contributed by atoms with Crippen LogP contribution >= 0.6 is 0 Å². The standard InChI is InChI=1S/C8H14O2/c1-5-3-7-4-9-6(2)8(7)10-5/h5-8H,3-4H2,1-2H3. The lowest BCUT2D eigenvalue weighted by molar-refractivity contribution is -0.0120. The Morgan fingerprint density at radius 2 is 2.10 bits per heavy atom. The van der Waals surface area contributed by atoms with Crippen molar-refractivity contribution in [2.75, 3.05) is 6.61 Å². The minimum Gasteiger partial charge on any atom is -0.375 e. The summed E-state index contributed by atoms with van der Waals surface area (Å²) in [6, 6.07) is 0. The fraction of sp³-hybridized carbons (Fsp3) is 1.00. The van der Waals surface area contributed by atoms with Gasteiger partial charge in [-0.1, -0.05) is 0 Å². The highest BCUT2D eigenvalue weighted by molar-refractivity contribution is 4.88. The lowest BCUT2D eigenvalue weighted by Crippen LogP contribution is -2.21. The highest BCUT2D eigenvalue weighted by atomic mass is 16.6. The highest BCUT2D eigenvalue weighted by Crippen LogP contribution is 2.34. The maximum Gasteiger partial charge on any atom is 0.0888 e. The summed E-state index contributed by atoms with van der Waals surface area (Å²) in [5.74, 6) is 0.685. The molecule has 2 fully saturated rings. The third kappa shape index (κ3) is 0.867. The second kappa shape index (κ2) is 2.21. The van der Waals surface area contributed by atoms with Gasteiger partial charge in [0, 0.05) is 5.92 Å². The van der Waals surface area contributed by atoms with E-state index >= 15 is 0 Å². The van der Waals surface area contributed by atoms with E-state index < -0.39 is 0 Å². The van der Waals surface area contributed by atoms with Crippen molar-refractivity contribution in [1.82, 2.24) is 0 Å². The van der Waals surface area contributed by atoms with Crippen LogP contribution in [0.25, 0.3) is 0 Å². The topological polar surface area (TPSA) is 18.5 Å². The van der Waals surface area contributed by atoms with Crippen LogP contribution in [-0.2, 0) is 9.47 Å². The molecule has 0 spiro atoms. The summed E-state index contributed by atoms with van der Waals surface area (Å²) in [4.78, 5) is 0. The SMILES string of the molecule is CC1CC2COC(C)C2O1. The quantitative estimate of drug-likeness (QED) is 0.506. The van der Waals surface area contributed by atoms with Gasteiger partial charge in [-0.05, 0) is 20.3 Å². The van der Waals surface area contributed by atoms with Gasteiger partial charge in [0.05, 0.1) is 24.9 Å². The van der Waals surface area contributed by atoms with E-state index in [1.165, 1.54) is 6.42 Å². The molecule has 2 saturated heterocycles. The first kappa shape index (κ1) is 6.62. The Balaban J connectivity index is 2.05. The van der Waals surface area contributed by atoms with Crippen molar-refractivity contribution in [3.05, 3.63) is 0 Å². The fourth-order valence-corrected chi connectivity index (χ4v) is 2.02. The van der Waals surface area contributed by atoms with Gasteiger partial charge in [0.2, 0.25) is 0 Å². The van der Waals surface area contributed by atoms with Gasteiger partial charge >= 0.3 is 0 Å². The molecule has 0 saturated carbocycles. The molecule has 0 aromatic rings. The van der Waals surface area contributed by atoms with Gasteiger partial charge < -0.3 is 9.47 Å². The molecule has 0 bridgehead atoms. The lowest BCUT2D eigenvalue weighted by atomic mass is 10.0. The van der Waals surface area contributed by atoms with Gasteiger partial charge in [0.15, 0.2) is 0 Å². The monoisotopic (exact) mass is 142 g/mol. The smallest absolute Gasteiger partial charge is 0.0888 e. The maximum absolute atomic E-state index is 5.67. The molecule has 0 radical (unpaired) electrons. The fourth-order valence-electron chi connectivity index (χ4n) is 2.02. The zero-order chi connectivity index (χ0) is 7.14. The summed E-state index contributed by atoms with van der Waals surface area (Å²) in [6.45, 7) is 5.16. The average Bonchev–Trinajstić information content (AvgIpc) is 2.35. The van der Waals surface area contributed by atoms with Gasteiger partial charge in [0.25, 0.3) is 0 Å². The Hall–Kier alpha value is -0.0800. The van der Waals surface area contributed by atoms with Crippen molar-refractivity contribution in [3.63, 3.8) is 0 Å². The predicted octanol–water partition coefficient (Wildman–Crippen LogP) is 1.20. The van der Waals surface area contributed by atoms with Gasteiger partial charge in [-0.25, -0.2) is 0 Å². The molecular weight excluding hydrogens is 128 g/mol. The Morgan fingerprint density at radius 3 is 2.80 bits per heavy atom. The zero-order valence-electron chi connectivity index (χ0n) is 6.54. The van der Waals surface area contributed by atoms with Crippen LogP contribution in [0.2, 0.25) is 0 Å². The largest absolute Gasteiger partial charge is 0.375 e. The van der Waals surface area contributed by atoms with E-state index in [1.807, 2.05) is 0 Å². The molecule has 2 aliphatic rings. The second-order valence-corrected chi connectivity index (χ2v) is 3.45. The molecule has 2 heteroatoms. The van der Waals surface area contributed by atoms with E-state index in [2.05, 4.69) is 13.8 Å². The Morgan fingerprint density at radius 1 is 1.30 bits per heavy atom. The summed E-state index contributed by atoms with van der Waals surface area (Å²) in [5.41, 5.74) is 0. The van der Waals surface area contributed by atoms with Crippen molar-refractivity contribution in [2.45, 2.75) is 38.6 Å². The van der Waals surface area contributed by atoms with Gasteiger partial charge in [0.1, 0.15) is 0 Å². The molecule has 0 aliphatic carbocycles. The molecule has 4 unspecified atom stereocenters. The van der Waals surface area contributed by atoms with Crippen LogP contribution < -0.4 is 0 Å². The molecule has 2 aliphatic heterocycles. The normalized spacial score (nSPS) is 53.4. The third-order valence-corrected chi connectivity index (χ3v) is 2.52.